The van der Waals surface area contributed by atoms with Crippen LogP contribution in [0.4, 0.5) is 15.8 Å². The maximum absolute atomic E-state index is 13.1. The van der Waals surface area contributed by atoms with Crippen molar-refractivity contribution in [1.29, 1.82) is 0 Å². The van der Waals surface area contributed by atoms with Gasteiger partial charge in [0.05, 0.1) is 17.2 Å². The number of anilines is 2. The van der Waals surface area contributed by atoms with Crippen LogP contribution in [0.3, 0.4) is 0 Å². The van der Waals surface area contributed by atoms with Crippen molar-refractivity contribution in [3.8, 4) is 0 Å². The van der Waals surface area contributed by atoms with Crippen LogP contribution >= 0.6 is 12.2 Å². The maximum Gasteiger partial charge on any atom is 0.261 e. The number of nitrogens with one attached hydrogen (secondary N) is 3. The Morgan fingerprint density at radius 1 is 1.00 bits per heavy atom. The van der Waals surface area contributed by atoms with Gasteiger partial charge < -0.3 is 15.6 Å². The standard InChI is InChI=1S/C25H20FN5OS/c26-17-5-7-18(8-6-17)29-25(33)30-19-9-10-23-21(13-19)24(32)31(15-28-23)12-11-16-14-27-22-4-2-1-3-20(16)22/h1-10,13-15,27H,11-12H2,(H2,29,30,33). The molecule has 5 rings (SSSR count). The topological polar surface area (TPSA) is 74.7 Å². The van der Waals surface area contributed by atoms with Gasteiger partial charge in [-0.05, 0) is 72.7 Å². The largest absolute Gasteiger partial charge is 0.361 e. The monoisotopic (exact) mass is 457 g/mol. The number of aryl methyl sites for hydroxylation is 2. The number of rotatable bonds is 5. The number of aromatic amines is 1. The molecule has 0 saturated carbocycles. The predicted octanol–water partition coefficient (Wildman–Crippen LogP) is 5.07. The zero-order valence-corrected chi connectivity index (χ0v) is 18.3. The van der Waals surface area contributed by atoms with Crippen molar-refractivity contribution in [3.05, 3.63) is 101 Å². The number of para-hydroxylation sites is 1. The Morgan fingerprint density at radius 3 is 2.61 bits per heavy atom. The first-order valence-electron chi connectivity index (χ1n) is 10.4. The van der Waals surface area contributed by atoms with Crippen molar-refractivity contribution in [1.82, 2.24) is 14.5 Å². The zero-order chi connectivity index (χ0) is 22.8. The third-order valence-electron chi connectivity index (χ3n) is 5.48. The van der Waals surface area contributed by atoms with E-state index in [0.717, 1.165) is 16.5 Å². The number of hydrogen-bond acceptors (Lipinski definition) is 3. The number of benzene rings is 3. The molecule has 0 amide bonds. The number of hydrogen-bond donors (Lipinski definition) is 3. The summed E-state index contributed by atoms with van der Waals surface area (Å²) in [5.74, 6) is -0.317. The highest BCUT2D eigenvalue weighted by atomic mass is 32.1. The van der Waals surface area contributed by atoms with E-state index in [1.54, 1.807) is 35.2 Å². The molecule has 0 aliphatic carbocycles. The summed E-state index contributed by atoms with van der Waals surface area (Å²) in [7, 11) is 0. The molecule has 3 aromatic carbocycles. The van der Waals surface area contributed by atoms with E-state index in [1.807, 2.05) is 30.5 Å². The Kier molecular flexibility index (Phi) is 5.58. The summed E-state index contributed by atoms with van der Waals surface area (Å²) in [6.45, 7) is 0.520. The first-order chi connectivity index (χ1) is 16.1. The lowest BCUT2D eigenvalue weighted by Gasteiger charge is -2.12. The first-order valence-corrected chi connectivity index (χ1v) is 10.9. The minimum Gasteiger partial charge on any atom is -0.361 e. The Bertz CT molecular complexity index is 1520. The van der Waals surface area contributed by atoms with Crippen LogP contribution in [-0.2, 0) is 13.0 Å². The predicted molar refractivity (Wildman–Crippen MR) is 134 cm³/mol. The summed E-state index contributed by atoms with van der Waals surface area (Å²) in [5, 5.41) is 8.06. The summed E-state index contributed by atoms with van der Waals surface area (Å²) >= 11 is 5.34. The SMILES string of the molecule is O=c1c2cc(NC(=S)Nc3ccc(F)cc3)ccc2ncn1CCc1c[nH]c2ccccc12. The second-order valence-electron chi connectivity index (χ2n) is 7.67. The smallest absolute Gasteiger partial charge is 0.261 e. The summed E-state index contributed by atoms with van der Waals surface area (Å²) in [5.41, 5.74) is 4.07. The highest BCUT2D eigenvalue weighted by molar-refractivity contribution is 7.80. The molecule has 164 valence electrons. The minimum atomic E-state index is -0.317. The van der Waals surface area contributed by atoms with Crippen LogP contribution in [-0.4, -0.2) is 19.6 Å². The van der Waals surface area contributed by atoms with E-state index in [-0.39, 0.29) is 11.4 Å². The van der Waals surface area contributed by atoms with Gasteiger partial charge in [0.25, 0.3) is 5.56 Å². The number of nitrogens with zero attached hydrogens (tertiary/aromatic N) is 2. The number of thiocarbonyl (C=S) groups is 1. The van der Waals surface area contributed by atoms with E-state index in [2.05, 4.69) is 26.7 Å². The van der Waals surface area contributed by atoms with Gasteiger partial charge in [-0.1, -0.05) is 18.2 Å². The molecule has 2 aromatic heterocycles. The molecule has 5 aromatic rings. The van der Waals surface area contributed by atoms with Crippen LogP contribution in [0, 0.1) is 5.82 Å². The molecule has 6 nitrogen and oxygen atoms in total. The molecule has 3 N–H and O–H groups in total. The maximum atomic E-state index is 13.1. The second kappa shape index (κ2) is 8.84. The number of H-pyrrole nitrogens is 1. The van der Waals surface area contributed by atoms with Gasteiger partial charge in [-0.25, -0.2) is 9.37 Å². The van der Waals surface area contributed by atoms with Crippen LogP contribution in [0.5, 0.6) is 0 Å². The Hall–Kier alpha value is -4.04. The van der Waals surface area contributed by atoms with E-state index < -0.39 is 0 Å². The van der Waals surface area contributed by atoms with Gasteiger partial charge in [-0.3, -0.25) is 9.36 Å². The molecule has 0 fully saturated rings. The minimum absolute atomic E-state index is 0.110. The fourth-order valence-electron chi connectivity index (χ4n) is 3.80. The number of halogens is 1. The molecule has 0 atom stereocenters. The molecule has 0 aliphatic rings. The Balaban J connectivity index is 1.34. The first kappa shape index (κ1) is 20.8. The average Bonchev–Trinajstić information content (AvgIpc) is 3.24. The number of fused-ring (bicyclic) bond motifs is 2. The van der Waals surface area contributed by atoms with Crippen molar-refractivity contribution in [2.75, 3.05) is 10.6 Å². The molecule has 2 heterocycles. The molecule has 0 spiro atoms. The van der Waals surface area contributed by atoms with E-state index in [9.17, 15) is 9.18 Å². The van der Waals surface area contributed by atoms with Gasteiger partial charge in [0.2, 0.25) is 0 Å². The molecular formula is C25H20FN5OS. The van der Waals surface area contributed by atoms with Gasteiger partial charge in [0.15, 0.2) is 5.11 Å². The van der Waals surface area contributed by atoms with Gasteiger partial charge >= 0.3 is 0 Å². The van der Waals surface area contributed by atoms with Crippen LogP contribution in [0.1, 0.15) is 5.56 Å². The van der Waals surface area contributed by atoms with Gasteiger partial charge in [0, 0.05) is 35.0 Å². The van der Waals surface area contributed by atoms with Crippen LogP contribution in [0.15, 0.2) is 84.0 Å². The van der Waals surface area contributed by atoms with Crippen LogP contribution < -0.4 is 16.2 Å². The van der Waals surface area contributed by atoms with E-state index in [4.69, 9.17) is 12.2 Å². The lowest BCUT2D eigenvalue weighted by molar-refractivity contribution is 0.628. The zero-order valence-electron chi connectivity index (χ0n) is 17.5. The summed E-state index contributed by atoms with van der Waals surface area (Å²) in [6, 6.07) is 19.3. The van der Waals surface area contributed by atoms with Crippen molar-refractivity contribution < 1.29 is 4.39 Å². The van der Waals surface area contributed by atoms with Gasteiger partial charge in [0.1, 0.15) is 5.82 Å². The highest BCUT2D eigenvalue weighted by Crippen LogP contribution is 2.19. The Morgan fingerprint density at radius 2 is 1.76 bits per heavy atom. The third kappa shape index (κ3) is 4.47. The molecule has 33 heavy (non-hydrogen) atoms. The molecule has 8 heteroatoms. The van der Waals surface area contributed by atoms with E-state index >= 15 is 0 Å². The lowest BCUT2D eigenvalue weighted by Crippen LogP contribution is -2.22. The molecule has 0 radical (unpaired) electrons. The summed E-state index contributed by atoms with van der Waals surface area (Å²) in [6.07, 6.45) is 4.29. The van der Waals surface area contributed by atoms with Crippen molar-refractivity contribution in [2.24, 2.45) is 0 Å². The second-order valence-corrected chi connectivity index (χ2v) is 8.08. The van der Waals surface area contributed by atoms with Gasteiger partial charge in [-0.15, -0.1) is 0 Å². The summed E-state index contributed by atoms with van der Waals surface area (Å²) < 4.78 is 14.7. The molecule has 0 saturated heterocycles. The fraction of sp³-hybridized carbons (Fsp3) is 0.0800. The van der Waals surface area contributed by atoms with Crippen LogP contribution in [0.25, 0.3) is 21.8 Å². The quantitative estimate of drug-likeness (QED) is 0.322. The van der Waals surface area contributed by atoms with E-state index in [1.165, 1.54) is 12.1 Å². The Labute approximate surface area is 194 Å². The van der Waals surface area contributed by atoms with E-state index in [0.29, 0.717) is 40.4 Å². The third-order valence-corrected chi connectivity index (χ3v) is 5.69. The molecule has 0 unspecified atom stereocenters. The number of aromatic nitrogens is 3. The fourth-order valence-corrected chi connectivity index (χ4v) is 4.04. The normalized spacial score (nSPS) is 11.1. The van der Waals surface area contributed by atoms with Crippen LogP contribution in [0.2, 0.25) is 0 Å². The van der Waals surface area contributed by atoms with Gasteiger partial charge in [-0.2, -0.15) is 0 Å². The van der Waals surface area contributed by atoms with Crippen molar-refractivity contribution >= 4 is 50.5 Å². The van der Waals surface area contributed by atoms with Crippen molar-refractivity contribution in [3.63, 3.8) is 0 Å². The molecule has 0 bridgehead atoms. The molecular weight excluding hydrogens is 437 g/mol. The molecule has 0 aliphatic heterocycles. The average molecular weight is 458 g/mol. The van der Waals surface area contributed by atoms with Crippen molar-refractivity contribution in [2.45, 2.75) is 13.0 Å². The lowest BCUT2D eigenvalue weighted by atomic mass is 10.1. The highest BCUT2D eigenvalue weighted by Gasteiger charge is 2.09. The summed E-state index contributed by atoms with van der Waals surface area (Å²) in [4.78, 5) is 20.8.